The molecule has 0 saturated heterocycles. The van der Waals surface area contributed by atoms with E-state index in [4.69, 9.17) is 4.84 Å². The minimum absolute atomic E-state index is 0.390. The summed E-state index contributed by atoms with van der Waals surface area (Å²) in [4.78, 5) is 5.43. The van der Waals surface area contributed by atoms with Crippen molar-refractivity contribution in [3.63, 3.8) is 0 Å². The highest BCUT2D eigenvalue weighted by molar-refractivity contribution is 5.98. The van der Waals surface area contributed by atoms with Crippen molar-refractivity contribution in [2.75, 3.05) is 6.61 Å². The van der Waals surface area contributed by atoms with Crippen LogP contribution in [-0.2, 0) is 4.84 Å². The summed E-state index contributed by atoms with van der Waals surface area (Å²) in [6, 6.07) is 19.3. The molecular formula is C21H20N2O. The Morgan fingerprint density at radius 1 is 0.958 bits per heavy atom. The number of aromatic nitrogens is 1. The third-order valence-electron chi connectivity index (χ3n) is 5.42. The number of hydrogen-bond acceptors (Lipinski definition) is 2. The summed E-state index contributed by atoms with van der Waals surface area (Å²) in [6.07, 6.45) is 5.95. The molecule has 0 amide bonds. The Hall–Kier alpha value is -2.55. The first-order chi connectivity index (χ1) is 11.9. The van der Waals surface area contributed by atoms with E-state index in [0.29, 0.717) is 11.8 Å². The molecule has 1 saturated carbocycles. The van der Waals surface area contributed by atoms with E-state index in [9.17, 15) is 0 Å². The summed E-state index contributed by atoms with van der Waals surface area (Å²) >= 11 is 0. The molecule has 3 aromatic rings. The van der Waals surface area contributed by atoms with Crippen molar-refractivity contribution in [1.29, 1.82) is 0 Å². The van der Waals surface area contributed by atoms with Gasteiger partial charge >= 0.3 is 0 Å². The van der Waals surface area contributed by atoms with Crippen molar-refractivity contribution in [1.82, 2.24) is 4.57 Å². The molecule has 0 bridgehead atoms. The third-order valence-corrected chi connectivity index (χ3v) is 5.42. The average Bonchev–Trinajstić information content (AvgIpc) is 3.27. The van der Waals surface area contributed by atoms with Gasteiger partial charge in [0.1, 0.15) is 6.61 Å². The van der Waals surface area contributed by atoms with E-state index in [0.717, 1.165) is 6.61 Å². The van der Waals surface area contributed by atoms with Crippen molar-refractivity contribution >= 4 is 16.6 Å². The van der Waals surface area contributed by atoms with Crippen LogP contribution < -0.4 is 0 Å². The highest BCUT2D eigenvalue weighted by atomic mass is 16.6. The Balaban J connectivity index is 1.69. The fourth-order valence-electron chi connectivity index (χ4n) is 4.26. The van der Waals surface area contributed by atoms with E-state index >= 15 is 0 Å². The number of para-hydroxylation sites is 2. The minimum Gasteiger partial charge on any atom is -0.395 e. The molecule has 2 aliphatic rings. The normalized spacial score (nSPS) is 22.9. The Morgan fingerprint density at radius 2 is 1.79 bits per heavy atom. The lowest BCUT2D eigenvalue weighted by atomic mass is 9.77. The molecule has 2 heterocycles. The number of fused-ring (bicyclic) bond motifs is 2. The lowest BCUT2D eigenvalue weighted by Crippen LogP contribution is -2.25. The van der Waals surface area contributed by atoms with Crippen LogP contribution >= 0.6 is 0 Å². The predicted octanol–water partition coefficient (Wildman–Crippen LogP) is 4.90. The number of oxime groups is 1. The first-order valence-electron chi connectivity index (χ1n) is 8.77. The number of rotatable bonds is 2. The standard InChI is InChI=1S/C21H20N2O/c1-2-8-16(9-3-1)23-13-19(17-10-4-5-12-20(17)23)18-11-6-7-15-14-24-22-21(15)18/h1-5,8-10,12-13,15,18H,6-7,11,14H2/t15-,18+/m0/s1. The lowest BCUT2D eigenvalue weighted by molar-refractivity contribution is 0.152. The predicted molar refractivity (Wildman–Crippen MR) is 96.7 cm³/mol. The van der Waals surface area contributed by atoms with Crippen molar-refractivity contribution < 1.29 is 4.84 Å². The molecule has 0 radical (unpaired) electrons. The molecule has 0 N–H and O–H groups in total. The maximum absolute atomic E-state index is 5.43. The first kappa shape index (κ1) is 13.8. The van der Waals surface area contributed by atoms with E-state index in [1.165, 1.54) is 47.1 Å². The zero-order chi connectivity index (χ0) is 15.9. The maximum atomic E-state index is 5.43. The Morgan fingerprint density at radius 3 is 2.71 bits per heavy atom. The molecule has 2 atom stereocenters. The van der Waals surface area contributed by atoms with Gasteiger partial charge in [-0.1, -0.05) is 48.0 Å². The monoisotopic (exact) mass is 316 g/mol. The second-order valence-electron chi connectivity index (χ2n) is 6.80. The highest BCUT2D eigenvalue weighted by Gasteiger charge is 2.35. The SMILES string of the molecule is c1ccc(-n2cc([C@H]3CCC[C@H]4CON=C43)c3ccccc32)cc1. The number of nitrogens with zero attached hydrogens (tertiary/aromatic N) is 2. The quantitative estimate of drug-likeness (QED) is 0.660. The van der Waals surface area contributed by atoms with Crippen LogP contribution in [0.5, 0.6) is 0 Å². The van der Waals surface area contributed by atoms with Crippen LogP contribution in [0.4, 0.5) is 0 Å². The molecule has 1 fully saturated rings. The van der Waals surface area contributed by atoms with Crippen LogP contribution in [0.25, 0.3) is 16.6 Å². The molecule has 0 unspecified atom stereocenters. The van der Waals surface area contributed by atoms with Crippen LogP contribution in [0.2, 0.25) is 0 Å². The molecular weight excluding hydrogens is 296 g/mol. The Kier molecular flexibility index (Phi) is 3.18. The molecule has 120 valence electrons. The van der Waals surface area contributed by atoms with Gasteiger partial charge in [0, 0.05) is 29.1 Å². The summed E-state index contributed by atoms with van der Waals surface area (Å²) in [7, 11) is 0. The summed E-state index contributed by atoms with van der Waals surface area (Å²) in [5.41, 5.74) is 5.12. The van der Waals surface area contributed by atoms with Gasteiger partial charge in [-0.3, -0.25) is 0 Å². The van der Waals surface area contributed by atoms with Crippen molar-refractivity contribution in [2.45, 2.75) is 25.2 Å². The number of hydrogen-bond donors (Lipinski definition) is 0. The lowest BCUT2D eigenvalue weighted by Gasteiger charge is -2.25. The van der Waals surface area contributed by atoms with Gasteiger partial charge in [-0.15, -0.1) is 0 Å². The van der Waals surface area contributed by atoms with Gasteiger partial charge in [0.15, 0.2) is 0 Å². The topological polar surface area (TPSA) is 26.5 Å². The van der Waals surface area contributed by atoms with Gasteiger partial charge in [-0.25, -0.2) is 0 Å². The summed E-state index contributed by atoms with van der Waals surface area (Å²) in [5.74, 6) is 0.906. The fraction of sp³-hybridized carbons (Fsp3) is 0.286. The molecule has 1 aromatic heterocycles. The summed E-state index contributed by atoms with van der Waals surface area (Å²) in [6.45, 7) is 0.767. The van der Waals surface area contributed by atoms with E-state index in [1.807, 2.05) is 0 Å². The Labute approximate surface area is 141 Å². The zero-order valence-corrected chi connectivity index (χ0v) is 13.6. The second kappa shape index (κ2) is 5.52. The van der Waals surface area contributed by atoms with E-state index in [2.05, 4.69) is 70.5 Å². The molecule has 1 aliphatic carbocycles. The molecule has 0 spiro atoms. The van der Waals surface area contributed by atoms with Gasteiger partial charge in [-0.05, 0) is 36.6 Å². The highest BCUT2D eigenvalue weighted by Crippen LogP contribution is 2.40. The van der Waals surface area contributed by atoms with Crippen molar-refractivity contribution in [3.05, 3.63) is 66.4 Å². The first-order valence-corrected chi connectivity index (χ1v) is 8.77. The van der Waals surface area contributed by atoms with Crippen LogP contribution in [0.3, 0.4) is 0 Å². The summed E-state index contributed by atoms with van der Waals surface area (Å²) in [5, 5.41) is 5.75. The average molecular weight is 316 g/mol. The van der Waals surface area contributed by atoms with Gasteiger partial charge in [0.2, 0.25) is 0 Å². The molecule has 24 heavy (non-hydrogen) atoms. The molecule has 1 aliphatic heterocycles. The molecule has 2 aromatic carbocycles. The molecule has 5 rings (SSSR count). The van der Waals surface area contributed by atoms with E-state index < -0.39 is 0 Å². The van der Waals surface area contributed by atoms with Crippen LogP contribution in [-0.4, -0.2) is 16.9 Å². The van der Waals surface area contributed by atoms with E-state index in [1.54, 1.807) is 0 Å². The van der Waals surface area contributed by atoms with Crippen LogP contribution in [0.15, 0.2) is 65.9 Å². The van der Waals surface area contributed by atoms with E-state index in [-0.39, 0.29) is 0 Å². The third kappa shape index (κ3) is 2.08. The van der Waals surface area contributed by atoms with Gasteiger partial charge in [0.05, 0.1) is 11.2 Å². The van der Waals surface area contributed by atoms with Crippen molar-refractivity contribution in [3.8, 4) is 5.69 Å². The second-order valence-corrected chi connectivity index (χ2v) is 6.80. The smallest absolute Gasteiger partial charge is 0.125 e. The van der Waals surface area contributed by atoms with Crippen LogP contribution in [0.1, 0.15) is 30.7 Å². The van der Waals surface area contributed by atoms with Gasteiger partial charge in [0.25, 0.3) is 0 Å². The van der Waals surface area contributed by atoms with Gasteiger partial charge < -0.3 is 9.40 Å². The molecule has 3 nitrogen and oxygen atoms in total. The molecule has 3 heteroatoms. The zero-order valence-electron chi connectivity index (χ0n) is 13.6. The van der Waals surface area contributed by atoms with Crippen LogP contribution in [0, 0.1) is 5.92 Å². The van der Waals surface area contributed by atoms with Gasteiger partial charge in [-0.2, -0.15) is 0 Å². The summed E-state index contributed by atoms with van der Waals surface area (Å²) < 4.78 is 2.31. The minimum atomic E-state index is 0.390. The largest absolute Gasteiger partial charge is 0.395 e. The van der Waals surface area contributed by atoms with Crippen molar-refractivity contribution in [2.24, 2.45) is 11.1 Å². The Bertz CT molecular complexity index is 910. The maximum Gasteiger partial charge on any atom is 0.125 e. The fourth-order valence-corrected chi connectivity index (χ4v) is 4.26. The number of benzene rings is 2.